The van der Waals surface area contributed by atoms with Crippen molar-refractivity contribution in [1.82, 2.24) is 4.90 Å². The minimum absolute atomic E-state index is 0.180. The van der Waals surface area contributed by atoms with Gasteiger partial charge in [-0.2, -0.15) is 0 Å². The number of hydrogen-bond donors (Lipinski definition) is 1. The Balaban J connectivity index is 1.63. The number of rotatable bonds is 4. The summed E-state index contributed by atoms with van der Waals surface area (Å²) in [7, 11) is 0. The number of likely N-dealkylation sites (N-methyl/N-ethyl adjacent to an activating group) is 1. The maximum Gasteiger partial charge on any atom is 0.227 e. The molecule has 1 heterocycles. The molecule has 2 fully saturated rings. The standard InChI is InChI=1S/C18H27N3O/c1-4-20-7-9-21(10-8-20)15-5-6-17(14(3)11-15)19-18(22)16-12-13(16)2/h5-6,11,13,16H,4,7-10,12H2,1-3H3,(H,19,22). The number of amides is 1. The van der Waals surface area contributed by atoms with Gasteiger partial charge >= 0.3 is 0 Å². The molecule has 1 saturated heterocycles. The lowest BCUT2D eigenvalue weighted by molar-refractivity contribution is -0.117. The predicted octanol–water partition coefficient (Wildman–Crippen LogP) is 2.73. The number of aryl methyl sites for hydroxylation is 1. The highest BCUT2D eigenvalue weighted by molar-refractivity contribution is 5.95. The highest BCUT2D eigenvalue weighted by Crippen LogP contribution is 2.38. The van der Waals surface area contributed by atoms with Crippen molar-refractivity contribution in [2.24, 2.45) is 11.8 Å². The number of benzene rings is 1. The zero-order valence-corrected chi connectivity index (χ0v) is 13.9. The average molecular weight is 301 g/mol. The molecule has 4 nitrogen and oxygen atoms in total. The Kier molecular flexibility index (Phi) is 4.39. The van der Waals surface area contributed by atoms with Crippen molar-refractivity contribution in [2.45, 2.75) is 27.2 Å². The molecule has 1 saturated carbocycles. The fourth-order valence-corrected chi connectivity index (χ4v) is 3.22. The highest BCUT2D eigenvalue weighted by Gasteiger charge is 2.39. The molecule has 1 aromatic rings. The van der Waals surface area contributed by atoms with E-state index in [2.05, 4.69) is 54.1 Å². The van der Waals surface area contributed by atoms with Crippen LogP contribution in [0.3, 0.4) is 0 Å². The first-order chi connectivity index (χ1) is 10.6. The summed E-state index contributed by atoms with van der Waals surface area (Å²) in [6.45, 7) is 12.0. The molecule has 0 aromatic heterocycles. The lowest BCUT2D eigenvalue weighted by Crippen LogP contribution is -2.46. The average Bonchev–Trinajstić information content (AvgIpc) is 3.26. The summed E-state index contributed by atoms with van der Waals surface area (Å²) in [5.74, 6) is 0.954. The van der Waals surface area contributed by atoms with Crippen LogP contribution in [0.4, 0.5) is 11.4 Å². The van der Waals surface area contributed by atoms with Gasteiger partial charge in [0.25, 0.3) is 0 Å². The molecule has 2 atom stereocenters. The topological polar surface area (TPSA) is 35.6 Å². The van der Waals surface area contributed by atoms with Gasteiger partial charge in [-0.05, 0) is 49.6 Å². The smallest absolute Gasteiger partial charge is 0.227 e. The summed E-state index contributed by atoms with van der Waals surface area (Å²) in [5.41, 5.74) is 3.38. The Morgan fingerprint density at radius 1 is 1.27 bits per heavy atom. The first-order valence-corrected chi connectivity index (χ1v) is 8.47. The third-order valence-electron chi connectivity index (χ3n) is 5.10. The van der Waals surface area contributed by atoms with E-state index in [-0.39, 0.29) is 11.8 Å². The second kappa shape index (κ2) is 6.29. The van der Waals surface area contributed by atoms with Gasteiger partial charge in [0.1, 0.15) is 0 Å². The molecule has 1 amide bonds. The number of nitrogens with one attached hydrogen (secondary N) is 1. The summed E-state index contributed by atoms with van der Waals surface area (Å²) < 4.78 is 0. The molecule has 1 N–H and O–H groups in total. The molecule has 0 bridgehead atoms. The van der Waals surface area contributed by atoms with Gasteiger partial charge in [0.15, 0.2) is 0 Å². The quantitative estimate of drug-likeness (QED) is 0.929. The first kappa shape index (κ1) is 15.3. The third kappa shape index (κ3) is 3.27. The van der Waals surface area contributed by atoms with Gasteiger partial charge in [0.05, 0.1) is 0 Å². The second-order valence-corrected chi connectivity index (χ2v) is 6.73. The van der Waals surface area contributed by atoms with E-state index in [1.165, 1.54) is 5.69 Å². The number of carbonyl (C=O) groups is 1. The minimum atomic E-state index is 0.180. The summed E-state index contributed by atoms with van der Waals surface area (Å²) in [5, 5.41) is 3.08. The van der Waals surface area contributed by atoms with Crippen molar-refractivity contribution < 1.29 is 4.79 Å². The van der Waals surface area contributed by atoms with E-state index >= 15 is 0 Å². The molecule has 1 aliphatic carbocycles. The first-order valence-electron chi connectivity index (χ1n) is 8.47. The van der Waals surface area contributed by atoms with Crippen LogP contribution in [0.15, 0.2) is 18.2 Å². The van der Waals surface area contributed by atoms with Gasteiger partial charge in [-0.15, -0.1) is 0 Å². The van der Waals surface area contributed by atoms with E-state index in [4.69, 9.17) is 0 Å². The molecule has 120 valence electrons. The number of hydrogen-bond acceptors (Lipinski definition) is 3. The fraction of sp³-hybridized carbons (Fsp3) is 0.611. The van der Waals surface area contributed by atoms with Crippen LogP contribution in [0, 0.1) is 18.8 Å². The zero-order chi connectivity index (χ0) is 15.7. The third-order valence-corrected chi connectivity index (χ3v) is 5.10. The number of piperazine rings is 1. The van der Waals surface area contributed by atoms with E-state index in [9.17, 15) is 4.79 Å². The molecule has 2 aliphatic rings. The van der Waals surface area contributed by atoms with E-state index in [1.807, 2.05) is 0 Å². The van der Waals surface area contributed by atoms with Gasteiger partial charge < -0.3 is 15.1 Å². The van der Waals surface area contributed by atoms with Crippen molar-refractivity contribution >= 4 is 17.3 Å². The zero-order valence-electron chi connectivity index (χ0n) is 13.9. The Bertz CT molecular complexity index is 549. The summed E-state index contributed by atoms with van der Waals surface area (Å²) >= 11 is 0. The van der Waals surface area contributed by atoms with Crippen molar-refractivity contribution in [2.75, 3.05) is 42.9 Å². The van der Waals surface area contributed by atoms with Crippen LogP contribution in [0.2, 0.25) is 0 Å². The van der Waals surface area contributed by atoms with Crippen LogP contribution in [0.1, 0.15) is 25.8 Å². The molecule has 3 rings (SSSR count). The molecular weight excluding hydrogens is 274 g/mol. The Morgan fingerprint density at radius 3 is 2.50 bits per heavy atom. The monoisotopic (exact) mass is 301 g/mol. The highest BCUT2D eigenvalue weighted by atomic mass is 16.2. The maximum absolute atomic E-state index is 12.1. The van der Waals surface area contributed by atoms with E-state index in [0.29, 0.717) is 5.92 Å². The van der Waals surface area contributed by atoms with Crippen LogP contribution in [0.25, 0.3) is 0 Å². The largest absolute Gasteiger partial charge is 0.369 e. The van der Waals surface area contributed by atoms with E-state index in [1.54, 1.807) is 0 Å². The molecular formula is C18H27N3O. The molecule has 2 unspecified atom stereocenters. The molecule has 4 heteroatoms. The van der Waals surface area contributed by atoms with Crippen molar-refractivity contribution in [3.63, 3.8) is 0 Å². The molecule has 22 heavy (non-hydrogen) atoms. The number of nitrogens with zero attached hydrogens (tertiary/aromatic N) is 2. The van der Waals surface area contributed by atoms with Crippen LogP contribution < -0.4 is 10.2 Å². The van der Waals surface area contributed by atoms with E-state index in [0.717, 1.165) is 50.4 Å². The number of carbonyl (C=O) groups excluding carboxylic acids is 1. The Labute approximate surface area is 133 Å². The van der Waals surface area contributed by atoms with Gasteiger partial charge in [0, 0.05) is 43.5 Å². The van der Waals surface area contributed by atoms with E-state index < -0.39 is 0 Å². The molecule has 0 spiro atoms. The maximum atomic E-state index is 12.1. The summed E-state index contributed by atoms with van der Waals surface area (Å²) in [6, 6.07) is 6.40. The number of anilines is 2. The normalized spacial score (nSPS) is 25.1. The lowest BCUT2D eigenvalue weighted by atomic mass is 10.1. The van der Waals surface area contributed by atoms with Gasteiger partial charge in [-0.1, -0.05) is 13.8 Å². The van der Waals surface area contributed by atoms with Crippen molar-refractivity contribution in [3.05, 3.63) is 23.8 Å². The van der Waals surface area contributed by atoms with Crippen molar-refractivity contribution in [1.29, 1.82) is 0 Å². The van der Waals surface area contributed by atoms with Crippen molar-refractivity contribution in [3.8, 4) is 0 Å². The minimum Gasteiger partial charge on any atom is -0.369 e. The predicted molar refractivity (Wildman–Crippen MR) is 91.4 cm³/mol. The van der Waals surface area contributed by atoms with Gasteiger partial charge in [-0.25, -0.2) is 0 Å². The van der Waals surface area contributed by atoms with Crippen LogP contribution >= 0.6 is 0 Å². The van der Waals surface area contributed by atoms with Gasteiger partial charge in [-0.3, -0.25) is 4.79 Å². The summed E-state index contributed by atoms with van der Waals surface area (Å²) in [4.78, 5) is 17.0. The lowest BCUT2D eigenvalue weighted by Gasteiger charge is -2.35. The SMILES string of the molecule is CCN1CCN(c2ccc(NC(=O)C3CC3C)c(C)c2)CC1. The fourth-order valence-electron chi connectivity index (χ4n) is 3.22. The van der Waals surface area contributed by atoms with Crippen LogP contribution in [-0.4, -0.2) is 43.5 Å². The molecule has 1 aliphatic heterocycles. The van der Waals surface area contributed by atoms with Crippen LogP contribution in [0.5, 0.6) is 0 Å². The Morgan fingerprint density at radius 2 is 1.95 bits per heavy atom. The molecule has 0 radical (unpaired) electrons. The Hall–Kier alpha value is -1.55. The molecule has 1 aromatic carbocycles. The summed E-state index contributed by atoms with van der Waals surface area (Å²) in [6.07, 6.45) is 1.03. The van der Waals surface area contributed by atoms with Crippen LogP contribution in [-0.2, 0) is 4.79 Å². The van der Waals surface area contributed by atoms with Gasteiger partial charge in [0.2, 0.25) is 5.91 Å². The second-order valence-electron chi connectivity index (χ2n) is 6.73.